The molecule has 2 aliphatic rings. The molecular weight excluding hydrogens is 176 g/mol. The number of hydrogen-bond donors (Lipinski definition) is 0. The van der Waals surface area contributed by atoms with E-state index in [9.17, 15) is 4.79 Å². The van der Waals surface area contributed by atoms with E-state index in [-0.39, 0.29) is 0 Å². The van der Waals surface area contributed by atoms with Crippen molar-refractivity contribution < 1.29 is 4.79 Å². The maximum Gasteiger partial charge on any atom is 0.169 e. The zero-order valence-electron chi connectivity index (χ0n) is 8.10. The van der Waals surface area contributed by atoms with Crippen molar-refractivity contribution in [3.63, 3.8) is 0 Å². The highest BCUT2D eigenvalue weighted by atomic mass is 16.1. The van der Waals surface area contributed by atoms with Crippen LogP contribution in [0.25, 0.3) is 0 Å². The van der Waals surface area contributed by atoms with Crippen molar-refractivity contribution >= 4 is 6.29 Å². The fraction of sp³-hybridized carbons (Fsp3) is 0.636. The van der Waals surface area contributed by atoms with Gasteiger partial charge in [0.15, 0.2) is 6.29 Å². The summed E-state index contributed by atoms with van der Waals surface area (Å²) in [6, 6.07) is 0.620. The topological polar surface area (TPSA) is 34.9 Å². The molecule has 0 radical (unpaired) electrons. The summed E-state index contributed by atoms with van der Waals surface area (Å²) >= 11 is 0. The summed E-state index contributed by atoms with van der Waals surface area (Å²) in [6.45, 7) is 0. The fourth-order valence-corrected chi connectivity index (χ4v) is 3.17. The van der Waals surface area contributed by atoms with Gasteiger partial charge in [-0.1, -0.05) is 6.42 Å². The van der Waals surface area contributed by atoms with Crippen molar-refractivity contribution in [2.45, 2.75) is 31.7 Å². The molecule has 0 aromatic carbocycles. The van der Waals surface area contributed by atoms with E-state index in [1.165, 1.54) is 25.7 Å². The second-order valence-corrected chi connectivity index (χ2v) is 4.61. The highest BCUT2D eigenvalue weighted by Gasteiger charge is 2.40. The molecule has 2 saturated carbocycles. The summed E-state index contributed by atoms with van der Waals surface area (Å²) in [4.78, 5) is 14.6. The van der Waals surface area contributed by atoms with Gasteiger partial charge in [-0.25, -0.2) is 4.98 Å². The van der Waals surface area contributed by atoms with Gasteiger partial charge in [0.25, 0.3) is 0 Å². The molecule has 0 N–H and O–H groups in total. The van der Waals surface area contributed by atoms with Crippen LogP contribution >= 0.6 is 0 Å². The molecule has 1 heterocycles. The summed E-state index contributed by atoms with van der Waals surface area (Å²) in [5.74, 6) is 1.78. The van der Waals surface area contributed by atoms with Crippen molar-refractivity contribution in [3.05, 3.63) is 18.2 Å². The van der Waals surface area contributed by atoms with E-state index in [4.69, 9.17) is 0 Å². The first-order valence-corrected chi connectivity index (χ1v) is 5.35. The Morgan fingerprint density at radius 2 is 2.36 bits per heavy atom. The second-order valence-electron chi connectivity index (χ2n) is 4.61. The minimum absolute atomic E-state index is 0.563. The number of nitrogens with zero attached hydrogens (tertiary/aromatic N) is 2. The highest BCUT2D eigenvalue weighted by Crippen LogP contribution is 2.50. The lowest BCUT2D eigenvalue weighted by Gasteiger charge is -2.22. The van der Waals surface area contributed by atoms with Crippen molar-refractivity contribution in [1.82, 2.24) is 9.55 Å². The summed E-state index contributed by atoms with van der Waals surface area (Å²) in [6.07, 6.45) is 9.98. The molecule has 3 heteroatoms. The molecule has 2 bridgehead atoms. The van der Waals surface area contributed by atoms with Crippen LogP contribution in [-0.4, -0.2) is 15.8 Å². The molecule has 14 heavy (non-hydrogen) atoms. The number of hydrogen-bond acceptors (Lipinski definition) is 2. The second kappa shape index (κ2) is 2.94. The number of rotatable bonds is 2. The summed E-state index contributed by atoms with van der Waals surface area (Å²) < 4.78 is 2.15. The molecular formula is C11H14N2O. The zero-order valence-corrected chi connectivity index (χ0v) is 8.10. The first-order valence-electron chi connectivity index (χ1n) is 5.35. The van der Waals surface area contributed by atoms with Gasteiger partial charge < -0.3 is 4.57 Å². The molecule has 0 spiro atoms. The van der Waals surface area contributed by atoms with Crippen LogP contribution in [-0.2, 0) is 0 Å². The molecule has 0 aliphatic heterocycles. The third-order valence-corrected chi connectivity index (χ3v) is 3.83. The van der Waals surface area contributed by atoms with Crippen LogP contribution in [0.3, 0.4) is 0 Å². The third-order valence-electron chi connectivity index (χ3n) is 3.83. The van der Waals surface area contributed by atoms with Crippen LogP contribution in [0.5, 0.6) is 0 Å². The molecule has 74 valence electrons. The third kappa shape index (κ3) is 1.11. The minimum Gasteiger partial charge on any atom is -0.333 e. The molecule has 1 aromatic rings. The zero-order chi connectivity index (χ0) is 9.54. The van der Waals surface area contributed by atoms with Crippen LogP contribution in [0.15, 0.2) is 12.5 Å². The van der Waals surface area contributed by atoms with E-state index in [0.717, 1.165) is 18.1 Å². The lowest BCUT2D eigenvalue weighted by Crippen LogP contribution is -2.14. The quantitative estimate of drug-likeness (QED) is 0.669. The van der Waals surface area contributed by atoms with E-state index in [1.807, 2.05) is 12.5 Å². The fourth-order valence-electron chi connectivity index (χ4n) is 3.17. The van der Waals surface area contributed by atoms with E-state index < -0.39 is 0 Å². The Labute approximate surface area is 83.1 Å². The number of imidazole rings is 1. The average molecular weight is 190 g/mol. The Morgan fingerprint density at radius 1 is 1.43 bits per heavy atom. The summed E-state index contributed by atoms with van der Waals surface area (Å²) in [5, 5.41) is 0. The van der Waals surface area contributed by atoms with E-state index in [0.29, 0.717) is 11.7 Å². The standard InChI is InChI=1S/C11H14N2O/c14-6-10-5-13(7-12-10)11-4-8-1-2-9(11)3-8/h5-9,11H,1-4H2/t8?,9?,11-/m0/s1. The molecule has 1 aromatic heterocycles. The molecule has 2 fully saturated rings. The first-order chi connectivity index (χ1) is 6.86. The molecule has 3 atom stereocenters. The Bertz CT molecular complexity index is 358. The number of carbonyl (C=O) groups is 1. The van der Waals surface area contributed by atoms with Gasteiger partial charge >= 0.3 is 0 Å². The van der Waals surface area contributed by atoms with Gasteiger partial charge in [0.05, 0.1) is 6.33 Å². The van der Waals surface area contributed by atoms with Crippen LogP contribution in [0.2, 0.25) is 0 Å². The van der Waals surface area contributed by atoms with Crippen LogP contribution in [0.1, 0.15) is 42.2 Å². The largest absolute Gasteiger partial charge is 0.333 e. The van der Waals surface area contributed by atoms with E-state index >= 15 is 0 Å². The Balaban J connectivity index is 1.85. The normalized spacial score (nSPS) is 35.0. The first kappa shape index (κ1) is 8.21. The summed E-state index contributed by atoms with van der Waals surface area (Å²) in [5.41, 5.74) is 0.563. The molecule has 2 aliphatic carbocycles. The predicted molar refractivity (Wildman–Crippen MR) is 52.1 cm³/mol. The van der Waals surface area contributed by atoms with Gasteiger partial charge in [0.2, 0.25) is 0 Å². The van der Waals surface area contributed by atoms with Crippen LogP contribution in [0.4, 0.5) is 0 Å². The van der Waals surface area contributed by atoms with Gasteiger partial charge in [-0.2, -0.15) is 0 Å². The Morgan fingerprint density at radius 3 is 2.93 bits per heavy atom. The monoisotopic (exact) mass is 190 g/mol. The maximum atomic E-state index is 10.5. The Kier molecular flexibility index (Phi) is 1.72. The number of carbonyl (C=O) groups excluding carboxylic acids is 1. The number of aromatic nitrogens is 2. The average Bonchev–Trinajstić information content (AvgIpc) is 2.93. The molecule has 0 amide bonds. The number of aldehydes is 1. The molecule has 3 nitrogen and oxygen atoms in total. The molecule has 0 saturated heterocycles. The maximum absolute atomic E-state index is 10.5. The molecule has 3 rings (SSSR count). The van der Waals surface area contributed by atoms with Crippen molar-refractivity contribution in [3.8, 4) is 0 Å². The van der Waals surface area contributed by atoms with Crippen molar-refractivity contribution in [2.24, 2.45) is 11.8 Å². The minimum atomic E-state index is 0.563. The van der Waals surface area contributed by atoms with Crippen molar-refractivity contribution in [1.29, 1.82) is 0 Å². The number of fused-ring (bicyclic) bond motifs is 2. The lowest BCUT2D eigenvalue weighted by molar-refractivity contribution is 0.111. The lowest BCUT2D eigenvalue weighted by atomic mass is 9.95. The van der Waals surface area contributed by atoms with Crippen LogP contribution < -0.4 is 0 Å². The highest BCUT2D eigenvalue weighted by molar-refractivity contribution is 5.70. The SMILES string of the molecule is O=Cc1cn([C@H]2CC3CCC2C3)cn1. The predicted octanol–water partition coefficient (Wildman–Crippen LogP) is 2.06. The van der Waals surface area contributed by atoms with Crippen molar-refractivity contribution in [2.75, 3.05) is 0 Å². The van der Waals surface area contributed by atoms with Gasteiger partial charge in [-0.05, 0) is 31.1 Å². The van der Waals surface area contributed by atoms with E-state index in [2.05, 4.69) is 9.55 Å². The Hall–Kier alpha value is -1.12. The smallest absolute Gasteiger partial charge is 0.169 e. The van der Waals surface area contributed by atoms with Gasteiger partial charge in [-0.15, -0.1) is 0 Å². The van der Waals surface area contributed by atoms with Gasteiger partial charge in [-0.3, -0.25) is 4.79 Å². The van der Waals surface area contributed by atoms with E-state index in [1.54, 1.807) is 0 Å². The van der Waals surface area contributed by atoms with Gasteiger partial charge in [0.1, 0.15) is 5.69 Å². The summed E-state index contributed by atoms with van der Waals surface area (Å²) in [7, 11) is 0. The molecule has 2 unspecified atom stereocenters. The van der Waals surface area contributed by atoms with Crippen LogP contribution in [0, 0.1) is 11.8 Å². The van der Waals surface area contributed by atoms with Gasteiger partial charge in [0, 0.05) is 12.2 Å².